The van der Waals surface area contributed by atoms with Crippen LogP contribution >= 0.6 is 11.3 Å². The number of rotatable bonds is 3. The molecule has 0 aliphatic heterocycles. The number of para-hydroxylation sites is 1. The lowest BCUT2D eigenvalue weighted by Gasteiger charge is -2.03. The monoisotopic (exact) mass is 333 g/mol. The van der Waals surface area contributed by atoms with Gasteiger partial charge in [-0.05, 0) is 47.8 Å². The van der Waals surface area contributed by atoms with Gasteiger partial charge >= 0.3 is 0 Å². The number of hydrogen-bond donors (Lipinski definition) is 0. The molecule has 4 rings (SSSR count). The number of hydrogen-bond acceptors (Lipinski definition) is 4. The molecule has 0 radical (unpaired) electrons. The van der Waals surface area contributed by atoms with Gasteiger partial charge in [-0.15, -0.1) is 11.3 Å². The number of nitrogens with zero attached hydrogens (tertiary/aromatic N) is 1. The quantitative estimate of drug-likeness (QED) is 0.503. The second-order valence-electron chi connectivity index (χ2n) is 5.28. The molecule has 0 unspecified atom stereocenters. The Kier molecular flexibility index (Phi) is 3.89. The van der Waals surface area contributed by atoms with Gasteiger partial charge < -0.3 is 9.15 Å². The van der Waals surface area contributed by atoms with Gasteiger partial charge in [-0.2, -0.15) is 0 Å². The van der Waals surface area contributed by atoms with Gasteiger partial charge in [0.05, 0.1) is 23.0 Å². The highest BCUT2D eigenvalue weighted by molar-refractivity contribution is 7.13. The molecule has 24 heavy (non-hydrogen) atoms. The number of ether oxygens (including phenoxy) is 1. The molecule has 0 amide bonds. The topological polar surface area (TPSA) is 34.7 Å². The minimum Gasteiger partial charge on any atom is -0.497 e. The largest absolute Gasteiger partial charge is 0.497 e. The van der Waals surface area contributed by atoms with Crippen molar-refractivity contribution in [3.63, 3.8) is 0 Å². The van der Waals surface area contributed by atoms with Crippen molar-refractivity contribution in [3.05, 3.63) is 77.5 Å². The van der Waals surface area contributed by atoms with Crippen LogP contribution in [0.25, 0.3) is 21.6 Å². The van der Waals surface area contributed by atoms with Gasteiger partial charge in [-0.3, -0.25) is 0 Å². The SMILES string of the molecule is COc1ccc(N=c2cc(-c3cccs3)oc3ccccc23)cc1. The Hall–Kier alpha value is -2.85. The molecule has 0 bridgehead atoms. The van der Waals surface area contributed by atoms with E-state index >= 15 is 0 Å². The van der Waals surface area contributed by atoms with Gasteiger partial charge in [0.1, 0.15) is 17.1 Å². The van der Waals surface area contributed by atoms with E-state index in [2.05, 4.69) is 6.07 Å². The van der Waals surface area contributed by atoms with E-state index in [0.29, 0.717) is 0 Å². The van der Waals surface area contributed by atoms with Gasteiger partial charge in [0.2, 0.25) is 0 Å². The van der Waals surface area contributed by atoms with Crippen molar-refractivity contribution in [2.75, 3.05) is 7.11 Å². The maximum absolute atomic E-state index is 6.05. The van der Waals surface area contributed by atoms with Crippen molar-refractivity contribution >= 4 is 28.0 Å². The van der Waals surface area contributed by atoms with E-state index in [1.54, 1.807) is 18.4 Å². The summed E-state index contributed by atoms with van der Waals surface area (Å²) in [5, 5.41) is 3.93. The molecule has 0 saturated heterocycles. The van der Waals surface area contributed by atoms with Crippen LogP contribution in [0.15, 0.2) is 81.5 Å². The fraction of sp³-hybridized carbons (Fsp3) is 0.0500. The normalized spacial score (nSPS) is 11.8. The fourth-order valence-corrected chi connectivity index (χ4v) is 3.22. The molecule has 2 heterocycles. The van der Waals surface area contributed by atoms with Crippen LogP contribution in [-0.4, -0.2) is 7.11 Å². The molecule has 3 nitrogen and oxygen atoms in total. The molecule has 4 heteroatoms. The van der Waals surface area contributed by atoms with Gasteiger partial charge in [-0.1, -0.05) is 18.2 Å². The lowest BCUT2D eigenvalue weighted by Crippen LogP contribution is -2.02. The lowest BCUT2D eigenvalue weighted by atomic mass is 10.2. The van der Waals surface area contributed by atoms with Gasteiger partial charge in [0.15, 0.2) is 0 Å². The Balaban J connectivity index is 1.93. The van der Waals surface area contributed by atoms with Crippen molar-refractivity contribution in [2.45, 2.75) is 0 Å². The van der Waals surface area contributed by atoms with Crippen LogP contribution in [-0.2, 0) is 0 Å². The summed E-state index contributed by atoms with van der Waals surface area (Å²) in [5.74, 6) is 1.65. The first-order valence-electron chi connectivity index (χ1n) is 7.59. The number of benzene rings is 2. The van der Waals surface area contributed by atoms with E-state index in [4.69, 9.17) is 14.1 Å². The Morgan fingerprint density at radius 1 is 0.958 bits per heavy atom. The first kappa shape index (κ1) is 14.7. The zero-order valence-corrected chi connectivity index (χ0v) is 13.9. The third-order valence-electron chi connectivity index (χ3n) is 3.74. The molecule has 118 valence electrons. The van der Waals surface area contributed by atoms with E-state index in [0.717, 1.165) is 38.4 Å². The van der Waals surface area contributed by atoms with Crippen LogP contribution < -0.4 is 10.1 Å². The predicted octanol–water partition coefficient (Wildman–Crippen LogP) is 5.40. The molecule has 0 aliphatic rings. The average molecular weight is 333 g/mol. The molecule has 0 aliphatic carbocycles. The third kappa shape index (κ3) is 2.84. The van der Waals surface area contributed by atoms with Crippen molar-refractivity contribution in [3.8, 4) is 16.4 Å². The zero-order valence-electron chi connectivity index (χ0n) is 13.1. The number of fused-ring (bicyclic) bond motifs is 1. The van der Waals surface area contributed by atoms with E-state index < -0.39 is 0 Å². The lowest BCUT2D eigenvalue weighted by molar-refractivity contribution is 0.415. The Morgan fingerprint density at radius 2 is 1.79 bits per heavy atom. The molecule has 2 aromatic heterocycles. The summed E-state index contributed by atoms with van der Waals surface area (Å²) >= 11 is 1.65. The van der Waals surface area contributed by atoms with E-state index in [9.17, 15) is 0 Å². The minimum absolute atomic E-state index is 0.821. The van der Waals surface area contributed by atoms with Crippen molar-refractivity contribution in [1.82, 2.24) is 0 Å². The van der Waals surface area contributed by atoms with Crippen molar-refractivity contribution < 1.29 is 9.15 Å². The summed E-state index contributed by atoms with van der Waals surface area (Å²) in [6.45, 7) is 0. The molecule has 2 aromatic carbocycles. The molecule has 0 spiro atoms. The number of methoxy groups -OCH3 is 1. The molecule has 4 aromatic rings. The Labute approximate surface area is 143 Å². The van der Waals surface area contributed by atoms with Gasteiger partial charge in [-0.25, -0.2) is 4.99 Å². The summed E-state index contributed by atoms with van der Waals surface area (Å²) in [5.41, 5.74) is 1.71. The highest BCUT2D eigenvalue weighted by Crippen LogP contribution is 2.26. The van der Waals surface area contributed by atoms with Crippen LogP contribution in [0, 0.1) is 0 Å². The highest BCUT2D eigenvalue weighted by Gasteiger charge is 2.06. The van der Waals surface area contributed by atoms with Crippen LogP contribution in [0.4, 0.5) is 5.69 Å². The average Bonchev–Trinajstić information content (AvgIpc) is 3.17. The molecule has 0 atom stereocenters. The van der Waals surface area contributed by atoms with E-state index in [1.165, 1.54) is 0 Å². The molecular formula is C20H15NO2S. The summed E-state index contributed by atoms with van der Waals surface area (Å²) in [4.78, 5) is 5.89. The molecular weight excluding hydrogens is 318 g/mol. The Bertz CT molecular complexity index is 1030. The maximum Gasteiger partial charge on any atom is 0.146 e. The summed E-state index contributed by atoms with van der Waals surface area (Å²) in [7, 11) is 1.66. The van der Waals surface area contributed by atoms with E-state index in [-0.39, 0.29) is 0 Å². The zero-order chi connectivity index (χ0) is 16.4. The van der Waals surface area contributed by atoms with Gasteiger partial charge in [0.25, 0.3) is 0 Å². The molecule has 0 fully saturated rings. The highest BCUT2D eigenvalue weighted by atomic mass is 32.1. The standard InChI is InChI=1S/C20H15NO2S/c1-22-15-10-8-14(9-11-15)21-17-13-19(20-7-4-12-24-20)23-18-6-3-2-5-16(17)18/h2-13H,1H3. The molecule has 0 saturated carbocycles. The fourth-order valence-electron chi connectivity index (χ4n) is 2.55. The minimum atomic E-state index is 0.821. The third-order valence-corrected chi connectivity index (χ3v) is 4.62. The second kappa shape index (κ2) is 6.34. The van der Waals surface area contributed by atoms with Crippen LogP contribution in [0.2, 0.25) is 0 Å². The second-order valence-corrected chi connectivity index (χ2v) is 6.23. The van der Waals surface area contributed by atoms with Gasteiger partial charge in [0, 0.05) is 11.5 Å². The Morgan fingerprint density at radius 3 is 2.54 bits per heavy atom. The van der Waals surface area contributed by atoms with Crippen LogP contribution in [0.3, 0.4) is 0 Å². The first-order chi connectivity index (χ1) is 11.8. The summed E-state index contributed by atoms with van der Waals surface area (Å²) in [6.07, 6.45) is 0. The summed E-state index contributed by atoms with van der Waals surface area (Å²) < 4.78 is 11.3. The molecule has 0 N–H and O–H groups in total. The summed E-state index contributed by atoms with van der Waals surface area (Å²) in [6, 6.07) is 21.8. The van der Waals surface area contributed by atoms with Crippen LogP contribution in [0.5, 0.6) is 5.75 Å². The van der Waals surface area contributed by atoms with Crippen molar-refractivity contribution in [2.24, 2.45) is 4.99 Å². The van der Waals surface area contributed by atoms with Crippen LogP contribution in [0.1, 0.15) is 0 Å². The van der Waals surface area contributed by atoms with E-state index in [1.807, 2.05) is 66.0 Å². The number of thiophene rings is 1. The smallest absolute Gasteiger partial charge is 0.146 e. The predicted molar refractivity (Wildman–Crippen MR) is 97.7 cm³/mol. The van der Waals surface area contributed by atoms with Crippen molar-refractivity contribution in [1.29, 1.82) is 0 Å². The first-order valence-corrected chi connectivity index (χ1v) is 8.47. The maximum atomic E-state index is 6.05.